The highest BCUT2D eigenvalue weighted by Gasteiger charge is 2.53. The number of fused-ring (bicyclic) bond motifs is 1. The minimum absolute atomic E-state index is 0.0789. The maximum absolute atomic E-state index is 12.5. The minimum Gasteiger partial charge on any atom is -0.442 e. The maximum atomic E-state index is 12.5. The number of ether oxygens (including phenoxy) is 1. The first-order chi connectivity index (χ1) is 8.63. The molecule has 3 rings (SSSR count). The van der Waals surface area contributed by atoms with Crippen LogP contribution in [0, 0.1) is 0 Å². The molecule has 1 aliphatic heterocycles. The van der Waals surface area contributed by atoms with Crippen LogP contribution in [-0.4, -0.2) is 23.1 Å². The Bertz CT molecular complexity index is 561. The Balaban J connectivity index is 2.08. The van der Waals surface area contributed by atoms with E-state index in [1.165, 1.54) is 0 Å². The number of hydrogen-bond acceptors (Lipinski definition) is 4. The van der Waals surface area contributed by atoms with E-state index < -0.39 is 11.6 Å². The highest BCUT2D eigenvalue weighted by atomic mass is 16.6. The fourth-order valence-corrected chi connectivity index (χ4v) is 2.68. The summed E-state index contributed by atoms with van der Waals surface area (Å²) in [4.78, 5) is 35.9. The van der Waals surface area contributed by atoms with Gasteiger partial charge in [-0.15, -0.1) is 0 Å². The molecule has 1 spiro atoms. The van der Waals surface area contributed by atoms with E-state index in [9.17, 15) is 14.4 Å². The van der Waals surface area contributed by atoms with Crippen LogP contribution >= 0.6 is 0 Å². The Morgan fingerprint density at radius 1 is 1.00 bits per heavy atom. The van der Waals surface area contributed by atoms with E-state index in [2.05, 4.69) is 0 Å². The number of benzene rings is 1. The van der Waals surface area contributed by atoms with Crippen LogP contribution in [0.15, 0.2) is 24.3 Å². The lowest BCUT2D eigenvalue weighted by Gasteiger charge is -2.37. The SMILES string of the molecule is O=C1CCC(=O)[C@]2(CCc3ccccc3C2=O)O1. The number of carbonyl (C=O) groups is 3. The second kappa shape index (κ2) is 3.77. The molecule has 0 radical (unpaired) electrons. The second-order valence-electron chi connectivity index (χ2n) is 4.71. The van der Waals surface area contributed by atoms with Crippen LogP contribution < -0.4 is 0 Å². The number of hydrogen-bond donors (Lipinski definition) is 0. The van der Waals surface area contributed by atoms with Gasteiger partial charge in [0, 0.05) is 18.4 Å². The van der Waals surface area contributed by atoms with Crippen LogP contribution in [0.25, 0.3) is 0 Å². The number of Topliss-reactive ketones (excluding diaryl/α,β-unsaturated/α-hetero) is 2. The van der Waals surface area contributed by atoms with Gasteiger partial charge in [-0.3, -0.25) is 14.4 Å². The summed E-state index contributed by atoms with van der Waals surface area (Å²) in [6.07, 6.45) is 1.04. The van der Waals surface area contributed by atoms with E-state index in [0.29, 0.717) is 12.0 Å². The largest absolute Gasteiger partial charge is 0.442 e. The molecule has 0 amide bonds. The highest BCUT2D eigenvalue weighted by Crippen LogP contribution is 2.36. The van der Waals surface area contributed by atoms with Gasteiger partial charge in [0.2, 0.25) is 11.4 Å². The molecule has 1 atom stereocenters. The molecule has 18 heavy (non-hydrogen) atoms. The first kappa shape index (κ1) is 11.1. The van der Waals surface area contributed by atoms with Gasteiger partial charge in [-0.25, -0.2) is 0 Å². The highest BCUT2D eigenvalue weighted by molar-refractivity contribution is 6.20. The molecule has 1 aromatic rings. The van der Waals surface area contributed by atoms with Crippen LogP contribution in [0.1, 0.15) is 35.2 Å². The number of ketones is 2. The molecule has 1 heterocycles. The molecule has 1 fully saturated rings. The number of aryl methyl sites for hydroxylation is 1. The Labute approximate surface area is 104 Å². The zero-order valence-corrected chi connectivity index (χ0v) is 9.77. The summed E-state index contributed by atoms with van der Waals surface area (Å²) in [5.41, 5.74) is -0.113. The zero-order chi connectivity index (χ0) is 12.8. The van der Waals surface area contributed by atoms with Gasteiger partial charge in [0.1, 0.15) is 0 Å². The fourth-order valence-electron chi connectivity index (χ4n) is 2.68. The van der Waals surface area contributed by atoms with E-state index >= 15 is 0 Å². The lowest BCUT2D eigenvalue weighted by molar-refractivity contribution is -0.169. The summed E-state index contributed by atoms with van der Waals surface area (Å²) < 4.78 is 5.16. The summed E-state index contributed by atoms with van der Waals surface area (Å²) >= 11 is 0. The third-order valence-electron chi connectivity index (χ3n) is 3.67. The third-order valence-corrected chi connectivity index (χ3v) is 3.67. The molecule has 0 bridgehead atoms. The van der Waals surface area contributed by atoms with Gasteiger partial charge in [0.05, 0.1) is 6.42 Å². The Hall–Kier alpha value is -1.97. The first-order valence-corrected chi connectivity index (χ1v) is 6.01. The van der Waals surface area contributed by atoms with Crippen molar-refractivity contribution >= 4 is 17.5 Å². The van der Waals surface area contributed by atoms with Crippen LogP contribution in [0.2, 0.25) is 0 Å². The van der Waals surface area contributed by atoms with Crippen LogP contribution in [0.4, 0.5) is 0 Å². The van der Waals surface area contributed by atoms with Gasteiger partial charge >= 0.3 is 5.97 Å². The van der Waals surface area contributed by atoms with E-state index in [-0.39, 0.29) is 30.8 Å². The van der Waals surface area contributed by atoms with Crippen molar-refractivity contribution in [2.45, 2.75) is 31.3 Å². The molecular formula is C14H12O4. The molecule has 2 aliphatic rings. The fraction of sp³-hybridized carbons (Fsp3) is 0.357. The molecule has 1 aliphatic carbocycles. The summed E-state index contributed by atoms with van der Waals surface area (Å²) in [6.45, 7) is 0. The summed E-state index contributed by atoms with van der Waals surface area (Å²) in [5.74, 6) is -1.08. The van der Waals surface area contributed by atoms with Crippen molar-refractivity contribution in [1.29, 1.82) is 0 Å². The average molecular weight is 244 g/mol. The Morgan fingerprint density at radius 3 is 2.61 bits per heavy atom. The third kappa shape index (κ3) is 1.41. The average Bonchev–Trinajstić information content (AvgIpc) is 2.39. The van der Waals surface area contributed by atoms with Crippen LogP contribution in [0.3, 0.4) is 0 Å². The second-order valence-corrected chi connectivity index (χ2v) is 4.71. The van der Waals surface area contributed by atoms with Gasteiger partial charge in [-0.2, -0.15) is 0 Å². The molecule has 0 N–H and O–H groups in total. The summed E-state index contributed by atoms with van der Waals surface area (Å²) in [7, 11) is 0. The Morgan fingerprint density at radius 2 is 1.78 bits per heavy atom. The smallest absolute Gasteiger partial charge is 0.307 e. The lowest BCUT2D eigenvalue weighted by Crippen LogP contribution is -2.55. The Kier molecular flexibility index (Phi) is 2.33. The number of carbonyl (C=O) groups excluding carboxylic acids is 3. The molecule has 0 unspecified atom stereocenters. The summed E-state index contributed by atoms with van der Waals surface area (Å²) in [5, 5.41) is 0. The zero-order valence-electron chi connectivity index (χ0n) is 9.77. The van der Waals surface area contributed by atoms with E-state index in [1.54, 1.807) is 12.1 Å². The normalized spacial score (nSPS) is 27.0. The quantitative estimate of drug-likeness (QED) is 0.512. The molecule has 0 aromatic heterocycles. The molecule has 4 nitrogen and oxygen atoms in total. The molecule has 4 heteroatoms. The monoisotopic (exact) mass is 244 g/mol. The summed E-state index contributed by atoms with van der Waals surface area (Å²) in [6, 6.07) is 7.17. The van der Waals surface area contributed by atoms with Crippen LogP contribution in [0.5, 0.6) is 0 Å². The van der Waals surface area contributed by atoms with E-state index in [1.807, 2.05) is 12.1 Å². The first-order valence-electron chi connectivity index (χ1n) is 6.01. The molecule has 1 saturated heterocycles. The van der Waals surface area contributed by atoms with Gasteiger partial charge in [-0.1, -0.05) is 24.3 Å². The van der Waals surface area contributed by atoms with Crippen molar-refractivity contribution in [2.24, 2.45) is 0 Å². The lowest BCUT2D eigenvalue weighted by atomic mass is 9.75. The van der Waals surface area contributed by atoms with Gasteiger partial charge in [-0.05, 0) is 12.0 Å². The minimum atomic E-state index is -1.54. The number of esters is 1. The van der Waals surface area contributed by atoms with Crippen molar-refractivity contribution in [3.8, 4) is 0 Å². The maximum Gasteiger partial charge on any atom is 0.307 e. The molecular weight excluding hydrogens is 232 g/mol. The van der Waals surface area contributed by atoms with E-state index in [4.69, 9.17) is 4.74 Å². The van der Waals surface area contributed by atoms with E-state index in [0.717, 1.165) is 5.56 Å². The van der Waals surface area contributed by atoms with Crippen molar-refractivity contribution in [3.63, 3.8) is 0 Å². The molecule has 0 saturated carbocycles. The van der Waals surface area contributed by atoms with Crippen molar-refractivity contribution in [1.82, 2.24) is 0 Å². The standard InChI is InChI=1S/C14H12O4/c15-11-5-6-12(16)18-14(11)8-7-9-3-1-2-4-10(9)13(14)17/h1-4H,5-8H2/t14-/m0/s1. The topological polar surface area (TPSA) is 60.4 Å². The van der Waals surface area contributed by atoms with Crippen molar-refractivity contribution < 1.29 is 19.1 Å². The van der Waals surface area contributed by atoms with Crippen molar-refractivity contribution in [2.75, 3.05) is 0 Å². The predicted octanol–water partition coefficient (Wildman–Crippen LogP) is 1.46. The van der Waals surface area contributed by atoms with Gasteiger partial charge in [0.25, 0.3) is 0 Å². The van der Waals surface area contributed by atoms with Gasteiger partial charge in [0.15, 0.2) is 5.78 Å². The molecule has 92 valence electrons. The number of rotatable bonds is 0. The van der Waals surface area contributed by atoms with Crippen molar-refractivity contribution in [3.05, 3.63) is 35.4 Å². The predicted molar refractivity (Wildman–Crippen MR) is 62.2 cm³/mol. The van der Waals surface area contributed by atoms with Gasteiger partial charge < -0.3 is 4.74 Å². The molecule has 1 aromatic carbocycles. The van der Waals surface area contributed by atoms with Crippen LogP contribution in [-0.2, 0) is 20.7 Å².